The highest BCUT2D eigenvalue weighted by molar-refractivity contribution is 5.67. The molecule has 8 nitrogen and oxygen atoms in total. The number of hydrogen-bond acceptors (Lipinski definition) is 8. The maximum Gasteiger partial charge on any atom is 0.302 e. The van der Waals surface area contributed by atoms with Crippen LogP contribution in [0, 0.1) is 16.7 Å². The lowest BCUT2D eigenvalue weighted by Gasteiger charge is -2.67. The van der Waals surface area contributed by atoms with Crippen LogP contribution in [0.3, 0.4) is 0 Å². The minimum absolute atomic E-state index is 0.160. The summed E-state index contributed by atoms with van der Waals surface area (Å²) < 4.78 is 37.2. The van der Waals surface area contributed by atoms with Crippen LogP contribution in [0.25, 0.3) is 0 Å². The van der Waals surface area contributed by atoms with Crippen molar-refractivity contribution in [2.75, 3.05) is 6.61 Å². The van der Waals surface area contributed by atoms with E-state index in [9.17, 15) is 9.59 Å². The first kappa shape index (κ1) is 20.7. The molecule has 174 valence electrons. The molecule has 2 aliphatic carbocycles. The van der Waals surface area contributed by atoms with Gasteiger partial charge in [-0.3, -0.25) is 9.59 Å². The van der Waals surface area contributed by atoms with E-state index in [4.69, 9.17) is 28.1 Å². The minimum Gasteiger partial charge on any atom is -0.472 e. The zero-order chi connectivity index (χ0) is 22.7. The van der Waals surface area contributed by atoms with E-state index in [1.165, 1.54) is 13.8 Å². The van der Waals surface area contributed by atoms with Gasteiger partial charge in [0.1, 0.15) is 23.9 Å². The van der Waals surface area contributed by atoms with Gasteiger partial charge in [-0.25, -0.2) is 0 Å². The highest BCUT2D eigenvalue weighted by atomic mass is 16.7. The molecule has 32 heavy (non-hydrogen) atoms. The van der Waals surface area contributed by atoms with E-state index in [0.717, 1.165) is 5.56 Å². The molecule has 0 radical (unpaired) electrons. The van der Waals surface area contributed by atoms with Crippen LogP contribution in [0.4, 0.5) is 0 Å². The van der Waals surface area contributed by atoms with E-state index in [1.54, 1.807) is 12.5 Å². The molecule has 4 heterocycles. The normalized spacial score (nSPS) is 52.5. The summed E-state index contributed by atoms with van der Waals surface area (Å²) in [6.45, 7) is 9.63. The third kappa shape index (κ3) is 2.10. The third-order valence-corrected chi connectivity index (χ3v) is 9.48. The lowest BCUT2D eigenvalue weighted by atomic mass is 9.41. The second kappa shape index (κ2) is 5.96. The number of ether oxygens (including phenoxy) is 5. The number of rotatable bonds is 3. The first-order valence-electron chi connectivity index (χ1n) is 11.4. The molecular weight excluding hydrogens is 416 g/mol. The summed E-state index contributed by atoms with van der Waals surface area (Å²) in [5, 5.41) is 0. The largest absolute Gasteiger partial charge is 0.472 e. The maximum atomic E-state index is 12.2. The van der Waals surface area contributed by atoms with Crippen LogP contribution >= 0.6 is 0 Å². The van der Waals surface area contributed by atoms with E-state index in [0.29, 0.717) is 25.9 Å². The first-order valence-corrected chi connectivity index (χ1v) is 11.4. The molecule has 0 amide bonds. The Morgan fingerprint density at radius 3 is 2.56 bits per heavy atom. The Kier molecular flexibility index (Phi) is 3.85. The van der Waals surface area contributed by atoms with E-state index < -0.39 is 34.6 Å². The molecule has 0 N–H and O–H groups in total. The topological polar surface area (TPSA) is 96.7 Å². The number of carbonyl (C=O) groups is 2. The van der Waals surface area contributed by atoms with Gasteiger partial charge < -0.3 is 28.1 Å². The molecule has 2 saturated carbocycles. The zero-order valence-electron chi connectivity index (χ0n) is 19.1. The molecule has 3 aliphatic heterocycles. The SMILES string of the molecule is CC(=O)O[C@H]1CC(C)[C@@]2(C)C[C@@]3(c4ccoc4)OC[C@@]14[C@]2(C[C@@H](OC(C)=O)[C@@H]1O[C@@]14C)O3. The van der Waals surface area contributed by atoms with Crippen LogP contribution in [0.1, 0.15) is 59.4 Å². The van der Waals surface area contributed by atoms with E-state index in [2.05, 4.69) is 13.8 Å². The van der Waals surface area contributed by atoms with Crippen LogP contribution in [0.15, 0.2) is 23.0 Å². The van der Waals surface area contributed by atoms with Gasteiger partial charge in [0.05, 0.1) is 30.1 Å². The second-order valence-corrected chi connectivity index (χ2v) is 10.8. The number of fused-ring (bicyclic) bond motifs is 2. The van der Waals surface area contributed by atoms with Gasteiger partial charge in [0.25, 0.3) is 0 Å². The highest BCUT2D eigenvalue weighted by Crippen LogP contribution is 2.80. The molecule has 1 aromatic rings. The summed E-state index contributed by atoms with van der Waals surface area (Å²) in [6.07, 6.45) is 3.91. The Morgan fingerprint density at radius 1 is 1.16 bits per heavy atom. The van der Waals surface area contributed by atoms with Crippen molar-refractivity contribution in [2.24, 2.45) is 16.7 Å². The molecule has 6 rings (SSSR count). The van der Waals surface area contributed by atoms with Gasteiger partial charge in [-0.1, -0.05) is 13.8 Å². The smallest absolute Gasteiger partial charge is 0.302 e. The predicted octanol–water partition coefficient (Wildman–Crippen LogP) is 3.08. The van der Waals surface area contributed by atoms with E-state index in [1.807, 2.05) is 13.0 Å². The average Bonchev–Trinajstić information content (AvgIpc) is 3.07. The van der Waals surface area contributed by atoms with Crippen molar-refractivity contribution in [2.45, 2.75) is 89.2 Å². The number of esters is 2. The second-order valence-electron chi connectivity index (χ2n) is 10.8. The van der Waals surface area contributed by atoms with Crippen LogP contribution in [0.5, 0.6) is 0 Å². The van der Waals surface area contributed by atoms with Crippen molar-refractivity contribution in [1.82, 2.24) is 0 Å². The monoisotopic (exact) mass is 446 g/mol. The zero-order valence-corrected chi connectivity index (χ0v) is 19.1. The number of hydrogen-bond donors (Lipinski definition) is 0. The Bertz CT molecular complexity index is 990. The number of epoxide rings is 1. The van der Waals surface area contributed by atoms with Gasteiger partial charge in [-0.05, 0) is 25.3 Å². The number of carbonyl (C=O) groups excluding carboxylic acids is 2. The predicted molar refractivity (Wildman–Crippen MR) is 108 cm³/mol. The minimum atomic E-state index is -0.969. The van der Waals surface area contributed by atoms with Gasteiger partial charge in [-0.15, -0.1) is 0 Å². The van der Waals surface area contributed by atoms with Crippen molar-refractivity contribution >= 4 is 11.9 Å². The van der Waals surface area contributed by atoms with Crippen LogP contribution in [0.2, 0.25) is 0 Å². The Morgan fingerprint density at radius 2 is 1.91 bits per heavy atom. The fourth-order valence-corrected chi connectivity index (χ4v) is 7.92. The fourth-order valence-electron chi connectivity index (χ4n) is 7.92. The summed E-state index contributed by atoms with van der Waals surface area (Å²) in [4.78, 5) is 24.2. The summed E-state index contributed by atoms with van der Waals surface area (Å²) in [5.41, 5.74) is -1.72. The Balaban J connectivity index is 1.57. The molecule has 8 heteroatoms. The van der Waals surface area contributed by atoms with Crippen LogP contribution in [-0.2, 0) is 39.1 Å². The quantitative estimate of drug-likeness (QED) is 0.516. The standard InChI is InChI=1S/C24H30O8/c1-13-8-18(30-15(3)26)22-12-28-23(16-6-7-27-10-16)11-20(13,4)24(22,32-23)9-17(29-14(2)25)19-21(22,5)31-19/h6-7,10,13,17-19H,8-9,11-12H2,1-5H3/t13?,17-,18+,19+,20-,21+,22-,23-,24-/m1/s1. The molecule has 3 saturated heterocycles. The lowest BCUT2D eigenvalue weighted by molar-refractivity contribution is -0.396. The van der Waals surface area contributed by atoms with Crippen LogP contribution in [-0.4, -0.2) is 48.1 Å². The van der Waals surface area contributed by atoms with Crippen molar-refractivity contribution in [3.05, 3.63) is 24.2 Å². The summed E-state index contributed by atoms with van der Waals surface area (Å²) >= 11 is 0. The highest BCUT2D eigenvalue weighted by Gasteiger charge is 2.91. The first-order chi connectivity index (χ1) is 15.0. The fraction of sp³-hybridized carbons (Fsp3) is 0.750. The van der Waals surface area contributed by atoms with E-state index in [-0.39, 0.29) is 29.4 Å². The van der Waals surface area contributed by atoms with E-state index >= 15 is 0 Å². The molecule has 0 aromatic carbocycles. The molecule has 1 aromatic heterocycles. The van der Waals surface area contributed by atoms with Gasteiger partial charge in [0.2, 0.25) is 0 Å². The molecular formula is C24H30O8. The summed E-state index contributed by atoms with van der Waals surface area (Å²) in [7, 11) is 0. The van der Waals surface area contributed by atoms with Gasteiger partial charge in [-0.2, -0.15) is 0 Å². The Hall–Kier alpha value is -1.90. The molecule has 9 atom stereocenters. The maximum absolute atomic E-state index is 12.2. The lowest BCUT2D eigenvalue weighted by Crippen LogP contribution is -2.78. The molecule has 1 spiro atoms. The van der Waals surface area contributed by atoms with Gasteiger partial charge >= 0.3 is 11.9 Å². The Labute approximate surface area is 186 Å². The van der Waals surface area contributed by atoms with Crippen molar-refractivity contribution in [3.8, 4) is 0 Å². The molecule has 1 unspecified atom stereocenters. The van der Waals surface area contributed by atoms with Crippen molar-refractivity contribution < 1.29 is 37.7 Å². The average molecular weight is 446 g/mol. The summed E-state index contributed by atoms with van der Waals surface area (Å²) in [6, 6.07) is 1.88. The van der Waals surface area contributed by atoms with Gasteiger partial charge in [0.15, 0.2) is 5.79 Å². The number of furan rings is 1. The van der Waals surface area contributed by atoms with Crippen LogP contribution < -0.4 is 0 Å². The van der Waals surface area contributed by atoms with Gasteiger partial charge in [0, 0.05) is 37.7 Å². The summed E-state index contributed by atoms with van der Waals surface area (Å²) in [5.74, 6) is -1.48. The molecule has 5 aliphatic rings. The molecule has 2 bridgehead atoms. The molecule has 5 fully saturated rings. The van der Waals surface area contributed by atoms with Crippen molar-refractivity contribution in [3.63, 3.8) is 0 Å². The third-order valence-electron chi connectivity index (χ3n) is 9.48. The van der Waals surface area contributed by atoms with Crippen molar-refractivity contribution in [1.29, 1.82) is 0 Å².